The van der Waals surface area contributed by atoms with Gasteiger partial charge in [0.1, 0.15) is 11.6 Å². The highest BCUT2D eigenvalue weighted by Gasteiger charge is 2.32. The Morgan fingerprint density at radius 2 is 1.91 bits per heavy atom. The molecule has 1 heterocycles. The molecule has 1 fully saturated rings. The average molecular weight is 470 g/mol. The quantitative estimate of drug-likeness (QED) is 0.441. The Balaban J connectivity index is 1.90. The summed E-state index contributed by atoms with van der Waals surface area (Å²) in [6, 6.07) is 11.0. The number of rotatable bonds is 6. The normalized spacial score (nSPS) is 15.5. The number of hydrogen-bond acceptors (Lipinski definition) is 3. The topological polar surface area (TPSA) is 55.2 Å². The van der Waals surface area contributed by atoms with Crippen LogP contribution in [-0.2, 0) is 4.79 Å². The summed E-state index contributed by atoms with van der Waals surface area (Å²) in [5.41, 5.74) is 0.735. The van der Waals surface area contributed by atoms with Crippen molar-refractivity contribution in [3.8, 4) is 5.69 Å². The van der Waals surface area contributed by atoms with Gasteiger partial charge in [-0.3, -0.25) is 14.2 Å². The Morgan fingerprint density at radius 3 is 2.58 bits per heavy atom. The van der Waals surface area contributed by atoms with E-state index in [1.165, 1.54) is 29.2 Å². The van der Waals surface area contributed by atoms with Crippen molar-refractivity contribution in [1.29, 1.82) is 0 Å². The number of benzene rings is 2. The van der Waals surface area contributed by atoms with E-state index in [0.717, 1.165) is 25.7 Å². The van der Waals surface area contributed by atoms with Gasteiger partial charge in [-0.15, -0.1) is 0 Å². The molecule has 1 saturated carbocycles. The van der Waals surface area contributed by atoms with E-state index in [-0.39, 0.29) is 22.4 Å². The Kier molecular flexibility index (Phi) is 7.13. The van der Waals surface area contributed by atoms with Gasteiger partial charge in [0, 0.05) is 12.5 Å². The van der Waals surface area contributed by atoms with Crippen molar-refractivity contribution in [3.63, 3.8) is 0 Å². The first-order valence-corrected chi connectivity index (χ1v) is 12.1. The van der Waals surface area contributed by atoms with Crippen molar-refractivity contribution >= 4 is 28.4 Å². The van der Waals surface area contributed by atoms with E-state index >= 15 is 0 Å². The van der Waals surface area contributed by atoms with E-state index in [1.54, 1.807) is 18.2 Å². The maximum Gasteiger partial charge on any atom is 0.266 e. The van der Waals surface area contributed by atoms with E-state index in [2.05, 4.69) is 0 Å². The van der Waals surface area contributed by atoms with Crippen molar-refractivity contribution < 1.29 is 9.18 Å². The minimum Gasteiger partial charge on any atom is -0.333 e. The molecule has 4 rings (SSSR count). The largest absolute Gasteiger partial charge is 0.333 e. The van der Waals surface area contributed by atoms with Gasteiger partial charge in [0.05, 0.1) is 27.7 Å². The molecule has 7 heteroatoms. The summed E-state index contributed by atoms with van der Waals surface area (Å²) in [6.07, 6.45) is 5.69. The van der Waals surface area contributed by atoms with Gasteiger partial charge in [-0.1, -0.05) is 49.9 Å². The average Bonchev–Trinajstić information content (AvgIpc) is 2.84. The first-order valence-electron chi connectivity index (χ1n) is 11.7. The standard InChI is InChI=1S/C26H29ClFN3O2/c1-3-23(30(4-2)25(32)17-10-6-5-7-11-17)24-29-22-13-9-8-12-19(22)26(33)31(24)18-14-15-21(28)20(27)16-18/h8-9,12-17,23H,3-7,10-11H2,1-2H3. The number of para-hydroxylation sites is 1. The second-order valence-electron chi connectivity index (χ2n) is 8.61. The van der Waals surface area contributed by atoms with Crippen molar-refractivity contribution in [2.75, 3.05) is 6.54 Å². The Labute approximate surface area is 198 Å². The highest BCUT2D eigenvalue weighted by Crippen LogP contribution is 2.32. The summed E-state index contributed by atoms with van der Waals surface area (Å²) in [5, 5.41) is 0.385. The lowest BCUT2D eigenvalue weighted by atomic mass is 9.87. The van der Waals surface area contributed by atoms with Crippen LogP contribution in [0.5, 0.6) is 0 Å². The Bertz CT molecular complexity index is 1220. The van der Waals surface area contributed by atoms with Gasteiger partial charge in [0.15, 0.2) is 0 Å². The van der Waals surface area contributed by atoms with E-state index in [1.807, 2.05) is 24.8 Å². The SMILES string of the molecule is CCC(c1nc2ccccc2c(=O)n1-c1ccc(F)c(Cl)c1)N(CC)C(=O)C1CCCCC1. The first-order chi connectivity index (χ1) is 16.0. The molecule has 0 bridgehead atoms. The fourth-order valence-corrected chi connectivity index (χ4v) is 5.08. The number of carbonyl (C=O) groups is 1. The Hall–Kier alpha value is -2.73. The van der Waals surface area contributed by atoms with Crippen LogP contribution >= 0.6 is 11.6 Å². The van der Waals surface area contributed by atoms with Gasteiger partial charge in [-0.2, -0.15) is 0 Å². The lowest BCUT2D eigenvalue weighted by Gasteiger charge is -2.35. The summed E-state index contributed by atoms with van der Waals surface area (Å²) in [5.74, 6) is 0.0390. The van der Waals surface area contributed by atoms with Crippen LogP contribution in [0.4, 0.5) is 4.39 Å². The smallest absolute Gasteiger partial charge is 0.266 e. The van der Waals surface area contributed by atoms with Crippen molar-refractivity contribution in [2.24, 2.45) is 5.92 Å². The van der Waals surface area contributed by atoms with Gasteiger partial charge >= 0.3 is 0 Å². The number of hydrogen-bond donors (Lipinski definition) is 0. The van der Waals surface area contributed by atoms with Crippen LogP contribution in [0.15, 0.2) is 47.3 Å². The minimum absolute atomic E-state index is 0.00800. The van der Waals surface area contributed by atoms with Crippen LogP contribution in [0.3, 0.4) is 0 Å². The van der Waals surface area contributed by atoms with E-state index in [4.69, 9.17) is 16.6 Å². The summed E-state index contributed by atoms with van der Waals surface area (Å²) in [6.45, 7) is 4.47. The molecule has 1 aromatic heterocycles. The van der Waals surface area contributed by atoms with E-state index in [9.17, 15) is 14.0 Å². The predicted octanol–water partition coefficient (Wildman–Crippen LogP) is 6.06. The van der Waals surface area contributed by atoms with Crippen molar-refractivity contribution in [2.45, 2.75) is 58.4 Å². The molecule has 0 saturated heterocycles. The molecule has 1 unspecified atom stereocenters. The zero-order valence-corrected chi connectivity index (χ0v) is 19.8. The minimum atomic E-state index is -0.557. The zero-order valence-electron chi connectivity index (χ0n) is 19.1. The molecule has 5 nitrogen and oxygen atoms in total. The highest BCUT2D eigenvalue weighted by atomic mass is 35.5. The number of halogens is 2. The number of fused-ring (bicyclic) bond motifs is 1. The molecule has 0 radical (unpaired) electrons. The molecule has 1 aliphatic carbocycles. The molecule has 174 valence electrons. The third kappa shape index (κ3) is 4.54. The molecule has 1 aliphatic rings. The molecule has 1 atom stereocenters. The second-order valence-corrected chi connectivity index (χ2v) is 9.02. The first kappa shape index (κ1) is 23.4. The summed E-state index contributed by atoms with van der Waals surface area (Å²) in [4.78, 5) is 33.9. The van der Waals surface area contributed by atoms with Crippen LogP contribution in [-0.4, -0.2) is 26.9 Å². The number of nitrogens with zero attached hydrogens (tertiary/aromatic N) is 3. The van der Waals surface area contributed by atoms with Crippen LogP contribution < -0.4 is 5.56 Å². The molecule has 2 aromatic carbocycles. The lowest BCUT2D eigenvalue weighted by molar-refractivity contribution is -0.139. The van der Waals surface area contributed by atoms with Crippen LogP contribution in [0, 0.1) is 11.7 Å². The molecule has 0 N–H and O–H groups in total. The molecular formula is C26H29ClFN3O2. The predicted molar refractivity (Wildman–Crippen MR) is 129 cm³/mol. The molecule has 0 aliphatic heterocycles. The maximum absolute atomic E-state index is 13.9. The molecule has 3 aromatic rings. The van der Waals surface area contributed by atoms with E-state index < -0.39 is 11.9 Å². The van der Waals surface area contributed by atoms with Gasteiger partial charge in [-0.25, -0.2) is 9.37 Å². The molecule has 33 heavy (non-hydrogen) atoms. The second kappa shape index (κ2) is 10.0. The van der Waals surface area contributed by atoms with Crippen LogP contribution in [0.25, 0.3) is 16.6 Å². The third-order valence-electron chi connectivity index (χ3n) is 6.60. The van der Waals surface area contributed by atoms with Crippen LogP contribution in [0.1, 0.15) is 64.2 Å². The summed E-state index contributed by atoms with van der Waals surface area (Å²) in [7, 11) is 0. The fraction of sp³-hybridized carbons (Fsp3) is 0.423. The molecule has 1 amide bonds. The number of amides is 1. The zero-order chi connectivity index (χ0) is 23.5. The van der Waals surface area contributed by atoms with Gasteiger partial charge in [-0.05, 0) is 56.5 Å². The van der Waals surface area contributed by atoms with Crippen LogP contribution in [0.2, 0.25) is 5.02 Å². The molecule has 0 spiro atoms. The lowest BCUT2D eigenvalue weighted by Crippen LogP contribution is -2.41. The van der Waals surface area contributed by atoms with Gasteiger partial charge in [0.2, 0.25) is 5.91 Å². The molecular weight excluding hydrogens is 441 g/mol. The number of aromatic nitrogens is 2. The van der Waals surface area contributed by atoms with Crippen molar-refractivity contribution in [3.05, 3.63) is 69.5 Å². The third-order valence-corrected chi connectivity index (χ3v) is 6.89. The fourth-order valence-electron chi connectivity index (χ4n) is 4.90. The maximum atomic E-state index is 13.9. The van der Waals surface area contributed by atoms with Gasteiger partial charge in [0.25, 0.3) is 5.56 Å². The number of carbonyl (C=O) groups excluding carboxylic acids is 1. The van der Waals surface area contributed by atoms with Gasteiger partial charge < -0.3 is 4.90 Å². The summed E-state index contributed by atoms with van der Waals surface area (Å²) < 4.78 is 15.4. The van der Waals surface area contributed by atoms with E-state index in [0.29, 0.717) is 35.4 Å². The monoisotopic (exact) mass is 469 g/mol. The van der Waals surface area contributed by atoms with Crippen molar-refractivity contribution in [1.82, 2.24) is 14.5 Å². The Morgan fingerprint density at radius 1 is 1.18 bits per heavy atom. The summed E-state index contributed by atoms with van der Waals surface area (Å²) >= 11 is 6.07. The highest BCUT2D eigenvalue weighted by molar-refractivity contribution is 6.30.